The average molecular weight is 562 g/mol. The Hall–Kier alpha value is -5.93. The van der Waals surface area contributed by atoms with Crippen LogP contribution in [-0.2, 0) is 0 Å². The lowest BCUT2D eigenvalue weighted by molar-refractivity contribution is 1.32. The highest BCUT2D eigenvalue weighted by molar-refractivity contribution is 5.90. The molecular formula is C41H27N3. The molecule has 8 aromatic rings. The van der Waals surface area contributed by atoms with Gasteiger partial charge < -0.3 is 0 Å². The van der Waals surface area contributed by atoms with Gasteiger partial charge in [0.1, 0.15) is 0 Å². The van der Waals surface area contributed by atoms with Crippen LogP contribution in [0, 0.1) is 0 Å². The minimum Gasteiger partial charge on any atom is -0.264 e. The molecule has 0 atom stereocenters. The monoisotopic (exact) mass is 561 g/mol. The number of benzene rings is 5. The van der Waals surface area contributed by atoms with Crippen LogP contribution in [0.5, 0.6) is 0 Å². The van der Waals surface area contributed by atoms with Crippen LogP contribution in [0.2, 0.25) is 0 Å². The summed E-state index contributed by atoms with van der Waals surface area (Å²) in [5.74, 6) is 0. The molecule has 0 fully saturated rings. The maximum absolute atomic E-state index is 5.25. The summed E-state index contributed by atoms with van der Waals surface area (Å²) in [5.41, 5.74) is 10.6. The van der Waals surface area contributed by atoms with Crippen molar-refractivity contribution in [3.8, 4) is 55.9 Å². The lowest BCUT2D eigenvalue weighted by Gasteiger charge is -2.14. The Morgan fingerprint density at radius 1 is 0.295 bits per heavy atom. The summed E-state index contributed by atoms with van der Waals surface area (Å²) < 4.78 is 0. The van der Waals surface area contributed by atoms with E-state index in [1.807, 2.05) is 36.9 Å². The molecule has 44 heavy (non-hydrogen) atoms. The minimum atomic E-state index is 0.936. The third-order valence-corrected chi connectivity index (χ3v) is 8.17. The molecule has 5 aromatic carbocycles. The molecule has 0 bridgehead atoms. The van der Waals surface area contributed by atoms with Crippen molar-refractivity contribution in [2.24, 2.45) is 0 Å². The maximum Gasteiger partial charge on any atom is 0.0715 e. The van der Waals surface area contributed by atoms with Crippen LogP contribution in [0.1, 0.15) is 0 Å². The van der Waals surface area contributed by atoms with E-state index in [9.17, 15) is 0 Å². The lowest BCUT2D eigenvalue weighted by Crippen LogP contribution is -1.93. The van der Waals surface area contributed by atoms with Gasteiger partial charge in [-0.1, -0.05) is 84.9 Å². The molecule has 0 aliphatic carbocycles. The number of hydrogen-bond donors (Lipinski definition) is 0. The van der Waals surface area contributed by atoms with E-state index in [-0.39, 0.29) is 0 Å². The highest BCUT2D eigenvalue weighted by atomic mass is 14.7. The van der Waals surface area contributed by atoms with Gasteiger partial charge in [0.05, 0.1) is 11.4 Å². The van der Waals surface area contributed by atoms with Crippen LogP contribution in [-0.4, -0.2) is 15.0 Å². The first-order valence-corrected chi connectivity index (χ1v) is 14.7. The zero-order valence-electron chi connectivity index (χ0n) is 23.9. The molecule has 3 nitrogen and oxygen atoms in total. The van der Waals surface area contributed by atoms with Crippen LogP contribution < -0.4 is 0 Å². The fourth-order valence-electron chi connectivity index (χ4n) is 5.88. The van der Waals surface area contributed by atoms with Gasteiger partial charge in [-0.3, -0.25) is 9.97 Å². The molecule has 3 heteroatoms. The average Bonchev–Trinajstić information content (AvgIpc) is 3.11. The second-order valence-corrected chi connectivity index (χ2v) is 11.0. The number of rotatable bonds is 5. The first-order valence-electron chi connectivity index (χ1n) is 14.7. The van der Waals surface area contributed by atoms with Crippen molar-refractivity contribution in [3.05, 3.63) is 164 Å². The van der Waals surface area contributed by atoms with Crippen LogP contribution in [0.3, 0.4) is 0 Å². The topological polar surface area (TPSA) is 38.7 Å². The summed E-state index contributed by atoms with van der Waals surface area (Å²) in [6, 6.07) is 49.4. The van der Waals surface area contributed by atoms with Crippen molar-refractivity contribution in [1.29, 1.82) is 0 Å². The number of pyridine rings is 3. The number of nitrogens with zero attached hydrogens (tertiary/aromatic N) is 3. The van der Waals surface area contributed by atoms with Crippen molar-refractivity contribution in [3.63, 3.8) is 0 Å². The lowest BCUT2D eigenvalue weighted by atomic mass is 9.93. The second-order valence-electron chi connectivity index (χ2n) is 11.0. The SMILES string of the molecule is c1cncc(-c2cc(-c3cccnc3)cc(-c3cc(-c4ccc5ccccc5c4)nc(-c4ccc5ccccc5c4)c3)c2)c1. The van der Waals surface area contributed by atoms with E-state index < -0.39 is 0 Å². The smallest absolute Gasteiger partial charge is 0.0715 e. The normalized spacial score (nSPS) is 11.2. The Morgan fingerprint density at radius 3 is 1.18 bits per heavy atom. The van der Waals surface area contributed by atoms with Crippen LogP contribution in [0.25, 0.3) is 77.4 Å². The van der Waals surface area contributed by atoms with Crippen molar-refractivity contribution >= 4 is 21.5 Å². The zero-order chi connectivity index (χ0) is 29.3. The zero-order valence-corrected chi connectivity index (χ0v) is 23.9. The quantitative estimate of drug-likeness (QED) is 0.210. The van der Waals surface area contributed by atoms with E-state index in [0.29, 0.717) is 0 Å². The number of fused-ring (bicyclic) bond motifs is 2. The van der Waals surface area contributed by atoms with Gasteiger partial charge in [-0.05, 0) is 98.4 Å². The molecule has 3 heterocycles. The predicted molar refractivity (Wildman–Crippen MR) is 182 cm³/mol. The Balaban J connectivity index is 1.36. The summed E-state index contributed by atoms with van der Waals surface area (Å²) in [4.78, 5) is 14.1. The summed E-state index contributed by atoms with van der Waals surface area (Å²) in [6.07, 6.45) is 7.45. The standard InChI is InChI=1S/C41H27N3/c1-3-9-30-19-32(15-13-28(30)7-1)40-24-39(25-41(44-40)33-16-14-29-8-2-4-10-31(29)20-33)38-22-36(34-11-5-17-42-26-34)21-37(23-38)35-12-6-18-43-27-35/h1-27H. The van der Waals surface area contributed by atoms with Crippen LogP contribution >= 0.6 is 0 Å². The van der Waals surface area contributed by atoms with Gasteiger partial charge in [-0.15, -0.1) is 0 Å². The van der Waals surface area contributed by atoms with E-state index in [2.05, 4.69) is 137 Å². The van der Waals surface area contributed by atoms with Crippen LogP contribution in [0.15, 0.2) is 164 Å². The molecule has 0 saturated carbocycles. The van der Waals surface area contributed by atoms with Crippen LogP contribution in [0.4, 0.5) is 0 Å². The van der Waals surface area contributed by atoms with Gasteiger partial charge in [0, 0.05) is 47.0 Å². The third kappa shape index (κ3) is 5.01. The van der Waals surface area contributed by atoms with Gasteiger partial charge in [0.2, 0.25) is 0 Å². The first-order chi connectivity index (χ1) is 21.8. The van der Waals surface area contributed by atoms with E-state index >= 15 is 0 Å². The molecule has 0 aliphatic rings. The third-order valence-electron chi connectivity index (χ3n) is 8.17. The van der Waals surface area contributed by atoms with Gasteiger partial charge in [-0.2, -0.15) is 0 Å². The van der Waals surface area contributed by atoms with Crippen molar-refractivity contribution in [2.45, 2.75) is 0 Å². The molecule has 8 rings (SSSR count). The minimum absolute atomic E-state index is 0.936. The van der Waals surface area contributed by atoms with Crippen molar-refractivity contribution in [2.75, 3.05) is 0 Å². The van der Waals surface area contributed by atoms with E-state index in [0.717, 1.165) is 55.9 Å². The summed E-state index contributed by atoms with van der Waals surface area (Å²) in [7, 11) is 0. The van der Waals surface area contributed by atoms with Gasteiger partial charge in [0.15, 0.2) is 0 Å². The molecule has 0 aliphatic heterocycles. The highest BCUT2D eigenvalue weighted by Gasteiger charge is 2.13. The molecule has 3 aromatic heterocycles. The molecule has 0 saturated heterocycles. The number of hydrogen-bond acceptors (Lipinski definition) is 3. The van der Waals surface area contributed by atoms with Gasteiger partial charge >= 0.3 is 0 Å². The molecule has 0 N–H and O–H groups in total. The fraction of sp³-hybridized carbons (Fsp3) is 0. The molecule has 206 valence electrons. The van der Waals surface area contributed by atoms with E-state index in [4.69, 9.17) is 4.98 Å². The van der Waals surface area contributed by atoms with Gasteiger partial charge in [0.25, 0.3) is 0 Å². The van der Waals surface area contributed by atoms with E-state index in [1.165, 1.54) is 21.5 Å². The number of aromatic nitrogens is 3. The first kappa shape index (κ1) is 25.8. The van der Waals surface area contributed by atoms with Crippen molar-refractivity contribution in [1.82, 2.24) is 15.0 Å². The van der Waals surface area contributed by atoms with Gasteiger partial charge in [-0.25, -0.2) is 4.98 Å². The van der Waals surface area contributed by atoms with E-state index in [1.54, 1.807) is 0 Å². The Kier molecular flexibility index (Phi) is 6.47. The largest absolute Gasteiger partial charge is 0.264 e. The molecule has 0 amide bonds. The second kappa shape index (κ2) is 11.0. The molecule has 0 unspecified atom stereocenters. The van der Waals surface area contributed by atoms with Crippen molar-refractivity contribution < 1.29 is 0 Å². The Morgan fingerprint density at radius 2 is 0.727 bits per heavy atom. The molecule has 0 spiro atoms. The maximum atomic E-state index is 5.25. The summed E-state index contributed by atoms with van der Waals surface area (Å²) >= 11 is 0. The highest BCUT2D eigenvalue weighted by Crippen LogP contribution is 2.36. The predicted octanol–water partition coefficient (Wildman–Crippen LogP) is 10.5. The molecule has 0 radical (unpaired) electrons. The Labute approximate surface area is 256 Å². The summed E-state index contributed by atoms with van der Waals surface area (Å²) in [5, 5.41) is 4.82. The fourth-order valence-corrected chi connectivity index (χ4v) is 5.88. The Bertz CT molecular complexity index is 2120. The molecular weight excluding hydrogens is 534 g/mol. The summed E-state index contributed by atoms with van der Waals surface area (Å²) in [6.45, 7) is 0.